The Morgan fingerprint density at radius 3 is 1.75 bits per heavy atom. The van der Waals surface area contributed by atoms with Crippen LogP contribution in [-0.2, 0) is 47.5 Å². The smallest absolute Gasteiger partial charge is 0.305 e. The third kappa shape index (κ3) is 18.3. The van der Waals surface area contributed by atoms with Crippen molar-refractivity contribution in [3.63, 3.8) is 0 Å². The summed E-state index contributed by atoms with van der Waals surface area (Å²) in [6.45, 7) is 5.98. The maximum Gasteiger partial charge on any atom is 0.305 e. The predicted molar refractivity (Wildman–Crippen MR) is 191 cm³/mol. The van der Waals surface area contributed by atoms with Crippen LogP contribution < -0.4 is 0 Å². The molecule has 5 N–H and O–H groups in total. The van der Waals surface area contributed by atoms with E-state index in [1.165, 1.54) is 6.92 Å². The number of aliphatic hydroxyl groups excluding tert-OH is 5. The molecule has 0 saturated carbocycles. The van der Waals surface area contributed by atoms with Gasteiger partial charge in [-0.2, -0.15) is 0 Å². The van der Waals surface area contributed by atoms with E-state index in [0.29, 0.717) is 19.4 Å². The molecule has 0 radical (unpaired) electrons. The fourth-order valence-corrected chi connectivity index (χ4v) is 6.06. The minimum absolute atomic E-state index is 0.0831. The number of carbonyl (C=O) groups excluding carboxylic acids is 3. The summed E-state index contributed by atoms with van der Waals surface area (Å²) in [5, 5.41) is 53.2. The normalized spacial score (nSPS) is 29.5. The summed E-state index contributed by atoms with van der Waals surface area (Å²) in [7, 11) is 0. The van der Waals surface area contributed by atoms with Crippen LogP contribution in [0.4, 0.5) is 0 Å². The van der Waals surface area contributed by atoms with Crippen molar-refractivity contribution in [3.8, 4) is 0 Å². The molecule has 2 aliphatic heterocycles. The molecular formula is C38H66O15. The highest BCUT2D eigenvalue weighted by atomic mass is 16.8. The summed E-state index contributed by atoms with van der Waals surface area (Å²) in [5.41, 5.74) is 0. The van der Waals surface area contributed by atoms with Crippen molar-refractivity contribution in [2.75, 3.05) is 19.8 Å². The lowest BCUT2D eigenvalue weighted by atomic mass is 9.97. The van der Waals surface area contributed by atoms with Crippen molar-refractivity contribution in [1.82, 2.24) is 0 Å². The van der Waals surface area contributed by atoms with E-state index >= 15 is 0 Å². The van der Waals surface area contributed by atoms with Gasteiger partial charge in [0.05, 0.1) is 12.7 Å². The van der Waals surface area contributed by atoms with Crippen LogP contribution in [0, 0.1) is 0 Å². The molecule has 2 fully saturated rings. The van der Waals surface area contributed by atoms with Gasteiger partial charge in [-0.1, -0.05) is 64.0 Å². The maximum absolute atomic E-state index is 11.6. The van der Waals surface area contributed by atoms with Crippen LogP contribution in [-0.4, -0.2) is 131 Å². The largest absolute Gasteiger partial charge is 0.466 e. The lowest BCUT2D eigenvalue weighted by Crippen LogP contribution is -2.65. The second-order valence-corrected chi connectivity index (χ2v) is 14.0. The zero-order valence-corrected chi connectivity index (χ0v) is 32.1. The van der Waals surface area contributed by atoms with Crippen molar-refractivity contribution in [2.24, 2.45) is 0 Å². The van der Waals surface area contributed by atoms with Gasteiger partial charge in [0.15, 0.2) is 12.6 Å². The van der Waals surface area contributed by atoms with E-state index in [1.54, 1.807) is 0 Å². The quantitative estimate of drug-likeness (QED) is 0.0370. The van der Waals surface area contributed by atoms with Crippen LogP contribution in [0.2, 0.25) is 0 Å². The fourth-order valence-electron chi connectivity index (χ4n) is 6.06. The van der Waals surface area contributed by atoms with Crippen molar-refractivity contribution in [2.45, 2.75) is 192 Å². The predicted octanol–water partition coefficient (Wildman–Crippen LogP) is 3.13. The maximum atomic E-state index is 11.6. The molecule has 0 aromatic rings. The molecule has 0 aromatic carbocycles. The third-order valence-corrected chi connectivity index (χ3v) is 9.28. The highest BCUT2D eigenvalue weighted by molar-refractivity contribution is 5.69. The van der Waals surface area contributed by atoms with E-state index in [9.17, 15) is 39.9 Å². The van der Waals surface area contributed by atoms with Gasteiger partial charge in [0.2, 0.25) is 0 Å². The second kappa shape index (κ2) is 26.6. The molecule has 53 heavy (non-hydrogen) atoms. The molecule has 0 aromatic heterocycles. The minimum atomic E-state index is -1.77. The molecule has 2 aliphatic rings. The summed E-state index contributed by atoms with van der Waals surface area (Å²) < 4.78 is 38.6. The number of allylic oxidation sites excluding steroid dienone is 2. The average molecular weight is 763 g/mol. The molecule has 0 unspecified atom stereocenters. The Kier molecular flexibility index (Phi) is 23.5. The fraction of sp³-hybridized carbons (Fsp3) is 0.868. The zero-order valence-electron chi connectivity index (χ0n) is 32.1. The molecule has 11 atom stereocenters. The molecule has 0 spiro atoms. The topological polar surface area (TPSA) is 217 Å². The average Bonchev–Trinajstić information content (AvgIpc) is 3.11. The van der Waals surface area contributed by atoms with Crippen molar-refractivity contribution < 1.29 is 73.1 Å². The summed E-state index contributed by atoms with van der Waals surface area (Å²) in [6.07, 6.45) is 3.40. The summed E-state index contributed by atoms with van der Waals surface area (Å²) >= 11 is 0. The Balaban J connectivity index is 1.76. The van der Waals surface area contributed by atoms with E-state index in [1.807, 2.05) is 6.92 Å². The number of hydrogen-bond acceptors (Lipinski definition) is 15. The van der Waals surface area contributed by atoms with E-state index in [2.05, 4.69) is 19.1 Å². The van der Waals surface area contributed by atoms with Crippen molar-refractivity contribution in [3.05, 3.63) is 12.2 Å². The van der Waals surface area contributed by atoms with Crippen LogP contribution in [0.15, 0.2) is 12.2 Å². The Bertz CT molecular complexity index is 1060. The van der Waals surface area contributed by atoms with Gasteiger partial charge in [0, 0.05) is 20.3 Å². The van der Waals surface area contributed by atoms with E-state index < -0.39 is 80.0 Å². The Morgan fingerprint density at radius 2 is 1.17 bits per heavy atom. The molecular weight excluding hydrogens is 696 g/mol. The highest BCUT2D eigenvalue weighted by Crippen LogP contribution is 2.31. The molecule has 2 saturated heterocycles. The van der Waals surface area contributed by atoms with E-state index in [-0.39, 0.29) is 18.7 Å². The first-order chi connectivity index (χ1) is 25.3. The summed E-state index contributed by atoms with van der Waals surface area (Å²) in [5.74, 6) is -1.34. The highest BCUT2D eigenvalue weighted by Gasteiger charge is 2.51. The Morgan fingerprint density at radius 1 is 0.642 bits per heavy atom. The van der Waals surface area contributed by atoms with Crippen molar-refractivity contribution >= 4 is 17.9 Å². The summed E-state index contributed by atoms with van der Waals surface area (Å²) in [4.78, 5) is 34.4. The van der Waals surface area contributed by atoms with Crippen LogP contribution in [0.25, 0.3) is 0 Å². The summed E-state index contributed by atoms with van der Waals surface area (Å²) in [6, 6.07) is 0. The molecule has 15 nitrogen and oxygen atoms in total. The molecule has 2 heterocycles. The lowest BCUT2D eigenvalue weighted by Gasteiger charge is -2.46. The van der Waals surface area contributed by atoms with Gasteiger partial charge in [-0.05, 0) is 51.9 Å². The molecule has 0 amide bonds. The molecule has 308 valence electrons. The first-order valence-electron chi connectivity index (χ1n) is 19.4. The second-order valence-electron chi connectivity index (χ2n) is 14.0. The SMILES string of the molecule is CCCCOC(=O)CCCCCCC/C=C/CCCCCC[C@H](C)O[C@@H]1O[C@H](COC(C)=O)[C@@H](O)[C@H](O)[C@H]1O[C@@H]1O[C@H](COC(C)=O)[C@@H](O)[C@H](O)[C@H]1O. The number of rotatable bonds is 26. The Labute approximate surface area is 314 Å². The van der Waals surface area contributed by atoms with Gasteiger partial charge in [-0.25, -0.2) is 0 Å². The van der Waals surface area contributed by atoms with Gasteiger partial charge in [-0.15, -0.1) is 0 Å². The first kappa shape index (κ1) is 46.9. The minimum Gasteiger partial charge on any atom is -0.466 e. The van der Waals surface area contributed by atoms with E-state index in [0.717, 1.165) is 90.4 Å². The van der Waals surface area contributed by atoms with Gasteiger partial charge >= 0.3 is 17.9 Å². The standard InChI is InChI=1S/C38H66O15/c1-5-6-22-47-30(41)21-19-17-15-13-11-9-7-8-10-12-14-16-18-20-25(2)50-38-36(34(45)32(43)29(52-38)24-49-27(4)40)53-37-35(46)33(44)31(42)28(51-37)23-48-26(3)39/h7-8,25,28-29,31-38,42-46H,5-6,9-24H2,1-4H3/b8-7+/t25-,28+,29+,31+,32+,33-,34-,35+,36+,37-,38+/m0/s1. The van der Waals surface area contributed by atoms with Crippen LogP contribution in [0.3, 0.4) is 0 Å². The number of unbranched alkanes of at least 4 members (excludes halogenated alkanes) is 10. The first-order valence-corrected chi connectivity index (χ1v) is 19.4. The number of esters is 3. The number of carbonyl (C=O) groups is 3. The number of ether oxygens (including phenoxy) is 7. The van der Waals surface area contributed by atoms with Crippen molar-refractivity contribution in [1.29, 1.82) is 0 Å². The third-order valence-electron chi connectivity index (χ3n) is 9.28. The van der Waals surface area contributed by atoms with Gasteiger partial charge in [0.25, 0.3) is 0 Å². The zero-order chi connectivity index (χ0) is 39.2. The van der Waals surface area contributed by atoms with Crippen LogP contribution >= 0.6 is 0 Å². The van der Waals surface area contributed by atoms with Gasteiger partial charge in [-0.3, -0.25) is 14.4 Å². The number of hydrogen-bond donors (Lipinski definition) is 5. The molecule has 15 heteroatoms. The lowest BCUT2D eigenvalue weighted by molar-refractivity contribution is -0.371. The van der Waals surface area contributed by atoms with Crippen LogP contribution in [0.5, 0.6) is 0 Å². The van der Waals surface area contributed by atoms with Gasteiger partial charge in [0.1, 0.15) is 62.0 Å². The monoisotopic (exact) mass is 762 g/mol. The number of aliphatic hydroxyl groups is 5. The van der Waals surface area contributed by atoms with Crippen LogP contribution in [0.1, 0.15) is 124 Å². The Hall–Kier alpha value is -2.21. The molecule has 0 aliphatic carbocycles. The molecule has 0 bridgehead atoms. The van der Waals surface area contributed by atoms with Gasteiger partial charge < -0.3 is 58.7 Å². The van der Waals surface area contributed by atoms with E-state index in [4.69, 9.17) is 33.2 Å². The molecule has 2 rings (SSSR count).